The maximum absolute atomic E-state index is 12.9. The standard InChI is InChI=1S/C27H26Cl2F3N3O2/c1-18-14-21(15-25(29)33-18)26(36)35-12-10-34(11-13-35)16-24(20-4-8-23(28)9-5-20)37-17-19-2-6-22(7-3-19)27(30,31)32/h2-9,14-15,24H,10-13,16-17H2,1H3/t24-/m0/s1. The average molecular weight is 552 g/mol. The third kappa shape index (κ3) is 7.45. The SMILES string of the molecule is Cc1cc(C(=O)N2CCN(C[C@H](OCc3ccc(C(F)(F)F)cc3)c3ccc(Cl)cc3)CC2)cc(Cl)n1. The molecular weight excluding hydrogens is 526 g/mol. The van der Waals surface area contributed by atoms with Crippen molar-refractivity contribution in [1.82, 2.24) is 14.8 Å². The van der Waals surface area contributed by atoms with Crippen LogP contribution < -0.4 is 0 Å². The van der Waals surface area contributed by atoms with Crippen molar-refractivity contribution in [2.24, 2.45) is 0 Å². The van der Waals surface area contributed by atoms with E-state index < -0.39 is 11.7 Å². The predicted octanol–water partition coefficient (Wildman–Crippen LogP) is 6.43. The molecule has 1 aliphatic rings. The van der Waals surface area contributed by atoms with E-state index in [4.69, 9.17) is 27.9 Å². The first kappa shape index (κ1) is 27.4. The molecule has 2 aromatic carbocycles. The van der Waals surface area contributed by atoms with Crippen LogP contribution in [0.25, 0.3) is 0 Å². The van der Waals surface area contributed by atoms with Crippen LogP contribution in [0.15, 0.2) is 60.7 Å². The Labute approximate surface area is 223 Å². The first-order chi connectivity index (χ1) is 17.6. The number of aryl methyl sites for hydroxylation is 1. The van der Waals surface area contributed by atoms with Crippen molar-refractivity contribution in [3.05, 3.63) is 98.8 Å². The zero-order chi connectivity index (χ0) is 26.6. The quantitative estimate of drug-likeness (QED) is 0.317. The molecule has 37 heavy (non-hydrogen) atoms. The third-order valence-corrected chi connectivity index (χ3v) is 6.67. The Morgan fingerprint density at radius 1 is 1.00 bits per heavy atom. The summed E-state index contributed by atoms with van der Waals surface area (Å²) in [7, 11) is 0. The molecule has 0 bridgehead atoms. The van der Waals surface area contributed by atoms with Crippen LogP contribution in [0.5, 0.6) is 0 Å². The van der Waals surface area contributed by atoms with Gasteiger partial charge in [0.15, 0.2) is 0 Å². The lowest BCUT2D eigenvalue weighted by Crippen LogP contribution is -2.49. The highest BCUT2D eigenvalue weighted by Gasteiger charge is 2.30. The van der Waals surface area contributed by atoms with E-state index in [1.165, 1.54) is 12.1 Å². The number of ether oxygens (including phenoxy) is 1. The second-order valence-electron chi connectivity index (χ2n) is 8.96. The van der Waals surface area contributed by atoms with Crippen LogP contribution in [-0.4, -0.2) is 53.4 Å². The lowest BCUT2D eigenvalue weighted by molar-refractivity contribution is -0.137. The van der Waals surface area contributed by atoms with Crippen LogP contribution in [-0.2, 0) is 17.5 Å². The Bertz CT molecular complexity index is 1190. The number of halogens is 5. The molecule has 1 aromatic heterocycles. The van der Waals surface area contributed by atoms with Crippen molar-refractivity contribution in [3.8, 4) is 0 Å². The highest BCUT2D eigenvalue weighted by atomic mass is 35.5. The summed E-state index contributed by atoms with van der Waals surface area (Å²) in [4.78, 5) is 21.1. The van der Waals surface area contributed by atoms with Crippen LogP contribution >= 0.6 is 23.2 Å². The molecule has 0 radical (unpaired) electrons. The second kappa shape index (κ2) is 11.8. The van der Waals surface area contributed by atoms with Crippen LogP contribution in [0.2, 0.25) is 10.2 Å². The van der Waals surface area contributed by atoms with Crippen molar-refractivity contribution < 1.29 is 22.7 Å². The van der Waals surface area contributed by atoms with Crippen molar-refractivity contribution in [2.75, 3.05) is 32.7 Å². The van der Waals surface area contributed by atoms with Gasteiger partial charge in [-0.1, -0.05) is 47.5 Å². The zero-order valence-electron chi connectivity index (χ0n) is 20.1. The van der Waals surface area contributed by atoms with Gasteiger partial charge < -0.3 is 9.64 Å². The molecule has 1 amide bonds. The largest absolute Gasteiger partial charge is 0.416 e. The van der Waals surface area contributed by atoms with Crippen molar-refractivity contribution >= 4 is 29.1 Å². The molecule has 0 N–H and O–H groups in total. The molecule has 0 aliphatic carbocycles. The van der Waals surface area contributed by atoms with E-state index >= 15 is 0 Å². The number of amides is 1. The number of carbonyl (C=O) groups excluding carboxylic acids is 1. The summed E-state index contributed by atoms with van der Waals surface area (Å²) < 4.78 is 44.8. The Hall–Kier alpha value is -2.65. The van der Waals surface area contributed by atoms with Gasteiger partial charge in [-0.2, -0.15) is 13.2 Å². The highest BCUT2D eigenvalue weighted by molar-refractivity contribution is 6.30. The smallest absolute Gasteiger partial charge is 0.368 e. The highest BCUT2D eigenvalue weighted by Crippen LogP contribution is 2.30. The molecule has 4 rings (SSSR count). The average Bonchev–Trinajstić information content (AvgIpc) is 2.86. The monoisotopic (exact) mass is 551 g/mol. The predicted molar refractivity (Wildman–Crippen MR) is 137 cm³/mol. The van der Waals surface area contributed by atoms with E-state index in [0.717, 1.165) is 17.7 Å². The number of hydrogen-bond acceptors (Lipinski definition) is 4. The van der Waals surface area contributed by atoms with Crippen LogP contribution in [0.1, 0.15) is 38.8 Å². The number of aromatic nitrogens is 1. The number of piperazine rings is 1. The van der Waals surface area contributed by atoms with Gasteiger partial charge in [-0.05, 0) is 54.4 Å². The van der Waals surface area contributed by atoms with Gasteiger partial charge in [-0.3, -0.25) is 9.69 Å². The van der Waals surface area contributed by atoms with Crippen LogP contribution in [0.3, 0.4) is 0 Å². The Balaban J connectivity index is 1.39. The first-order valence-corrected chi connectivity index (χ1v) is 12.5. The fraction of sp³-hybridized carbons (Fsp3) is 0.333. The summed E-state index contributed by atoms with van der Waals surface area (Å²) in [6, 6.07) is 15.6. The van der Waals surface area contributed by atoms with E-state index in [2.05, 4.69) is 9.88 Å². The second-order valence-corrected chi connectivity index (χ2v) is 9.78. The first-order valence-electron chi connectivity index (χ1n) is 11.8. The van der Waals surface area contributed by atoms with Gasteiger partial charge >= 0.3 is 6.18 Å². The summed E-state index contributed by atoms with van der Waals surface area (Å²) in [5.41, 5.74) is 2.07. The number of carbonyl (C=O) groups is 1. The summed E-state index contributed by atoms with van der Waals surface area (Å²) >= 11 is 12.1. The Morgan fingerprint density at radius 3 is 2.24 bits per heavy atom. The molecule has 0 spiro atoms. The van der Waals surface area contributed by atoms with E-state index in [1.54, 1.807) is 36.1 Å². The molecule has 1 fully saturated rings. The maximum Gasteiger partial charge on any atom is 0.416 e. The number of hydrogen-bond donors (Lipinski definition) is 0. The van der Waals surface area contributed by atoms with E-state index in [0.29, 0.717) is 54.6 Å². The minimum atomic E-state index is -4.38. The lowest BCUT2D eigenvalue weighted by Gasteiger charge is -2.36. The van der Waals surface area contributed by atoms with E-state index in [-0.39, 0.29) is 23.8 Å². The van der Waals surface area contributed by atoms with Crippen molar-refractivity contribution in [1.29, 1.82) is 0 Å². The van der Waals surface area contributed by atoms with Gasteiger partial charge in [0, 0.05) is 49.0 Å². The fourth-order valence-corrected chi connectivity index (χ4v) is 4.60. The lowest BCUT2D eigenvalue weighted by atomic mass is 10.1. The van der Waals surface area contributed by atoms with Crippen molar-refractivity contribution in [3.63, 3.8) is 0 Å². The van der Waals surface area contributed by atoms with Gasteiger partial charge in [0.2, 0.25) is 0 Å². The normalized spacial score (nSPS) is 15.6. The number of rotatable bonds is 7. The number of benzene rings is 2. The zero-order valence-corrected chi connectivity index (χ0v) is 21.7. The Kier molecular flexibility index (Phi) is 8.75. The summed E-state index contributed by atoms with van der Waals surface area (Å²) in [6.45, 7) is 4.90. The number of alkyl halides is 3. The molecular formula is C27H26Cl2F3N3O2. The fourth-order valence-electron chi connectivity index (χ4n) is 4.22. The van der Waals surface area contributed by atoms with E-state index in [1.807, 2.05) is 12.1 Å². The van der Waals surface area contributed by atoms with Gasteiger partial charge in [0.1, 0.15) is 5.15 Å². The van der Waals surface area contributed by atoms with E-state index in [9.17, 15) is 18.0 Å². The van der Waals surface area contributed by atoms with Gasteiger partial charge in [0.05, 0.1) is 18.3 Å². The molecule has 1 saturated heterocycles. The summed E-state index contributed by atoms with van der Waals surface area (Å²) in [6.07, 6.45) is -4.71. The summed E-state index contributed by atoms with van der Waals surface area (Å²) in [5, 5.41) is 0.891. The molecule has 1 atom stereocenters. The third-order valence-electron chi connectivity index (χ3n) is 6.23. The maximum atomic E-state index is 12.9. The van der Waals surface area contributed by atoms with Crippen LogP contribution in [0, 0.1) is 6.92 Å². The van der Waals surface area contributed by atoms with Crippen molar-refractivity contribution in [2.45, 2.75) is 25.8 Å². The van der Waals surface area contributed by atoms with Crippen LogP contribution in [0.4, 0.5) is 13.2 Å². The Morgan fingerprint density at radius 2 is 1.65 bits per heavy atom. The minimum Gasteiger partial charge on any atom is -0.368 e. The van der Waals surface area contributed by atoms with Gasteiger partial charge in [-0.15, -0.1) is 0 Å². The molecule has 2 heterocycles. The van der Waals surface area contributed by atoms with Gasteiger partial charge in [-0.25, -0.2) is 4.98 Å². The topological polar surface area (TPSA) is 45.7 Å². The minimum absolute atomic E-state index is 0.0835. The molecule has 3 aromatic rings. The molecule has 1 aliphatic heterocycles. The molecule has 0 unspecified atom stereocenters. The molecule has 5 nitrogen and oxygen atoms in total. The number of pyridine rings is 1. The molecule has 196 valence electrons. The summed E-state index contributed by atoms with van der Waals surface area (Å²) in [5.74, 6) is -0.0835. The number of nitrogens with zero attached hydrogens (tertiary/aromatic N) is 3. The molecule has 10 heteroatoms. The molecule has 0 saturated carbocycles. The van der Waals surface area contributed by atoms with Gasteiger partial charge in [0.25, 0.3) is 5.91 Å².